The Morgan fingerprint density at radius 3 is 2.68 bits per heavy atom. The Labute approximate surface area is 116 Å². The molecule has 0 aliphatic rings. The highest BCUT2D eigenvalue weighted by molar-refractivity contribution is 6.33. The summed E-state index contributed by atoms with van der Waals surface area (Å²) in [5.74, 6) is 0.0421. The van der Waals surface area contributed by atoms with Crippen LogP contribution in [0.5, 0.6) is 0 Å². The summed E-state index contributed by atoms with van der Waals surface area (Å²) in [6.07, 6.45) is 1.43. The fourth-order valence-corrected chi connectivity index (χ4v) is 1.97. The van der Waals surface area contributed by atoms with E-state index in [1.807, 2.05) is 31.2 Å². The number of aromatic nitrogens is 1. The van der Waals surface area contributed by atoms with Crippen LogP contribution in [0.25, 0.3) is 0 Å². The first kappa shape index (κ1) is 13.4. The van der Waals surface area contributed by atoms with Gasteiger partial charge in [-0.2, -0.15) is 0 Å². The number of carbonyl (C=O) groups is 1. The van der Waals surface area contributed by atoms with Crippen molar-refractivity contribution in [3.8, 4) is 0 Å². The maximum absolute atomic E-state index is 12.3. The highest BCUT2D eigenvalue weighted by Crippen LogP contribution is 2.22. The van der Waals surface area contributed by atoms with E-state index in [9.17, 15) is 4.79 Å². The van der Waals surface area contributed by atoms with Crippen LogP contribution in [0.1, 0.15) is 15.9 Å². The molecule has 0 atom stereocenters. The van der Waals surface area contributed by atoms with Gasteiger partial charge in [-0.1, -0.05) is 29.8 Å². The lowest BCUT2D eigenvalue weighted by atomic mass is 10.1. The maximum Gasteiger partial charge on any atom is 0.259 e. The van der Waals surface area contributed by atoms with E-state index < -0.39 is 0 Å². The quantitative estimate of drug-likeness (QED) is 0.917. The van der Waals surface area contributed by atoms with Crippen molar-refractivity contribution in [2.45, 2.75) is 6.92 Å². The zero-order valence-electron chi connectivity index (χ0n) is 10.7. The zero-order chi connectivity index (χ0) is 14.0. The molecule has 1 amide bonds. The summed E-state index contributed by atoms with van der Waals surface area (Å²) < 4.78 is 0. The zero-order valence-corrected chi connectivity index (χ0v) is 11.5. The van der Waals surface area contributed by atoms with E-state index in [1.165, 1.54) is 12.3 Å². The molecule has 0 fully saturated rings. The van der Waals surface area contributed by atoms with Gasteiger partial charge in [-0.15, -0.1) is 0 Å². The van der Waals surface area contributed by atoms with Crippen molar-refractivity contribution < 1.29 is 4.79 Å². The highest BCUT2D eigenvalue weighted by Gasteiger charge is 2.16. The SMILES string of the molecule is Cc1ccccc1N(C)C(=O)c1cnc(N)c(Cl)c1. The van der Waals surface area contributed by atoms with Gasteiger partial charge in [0.15, 0.2) is 0 Å². The van der Waals surface area contributed by atoms with Gasteiger partial charge < -0.3 is 10.6 Å². The largest absolute Gasteiger partial charge is 0.382 e. The number of pyridine rings is 1. The molecular weight excluding hydrogens is 262 g/mol. The van der Waals surface area contributed by atoms with Gasteiger partial charge in [0, 0.05) is 18.9 Å². The standard InChI is InChI=1S/C14H14ClN3O/c1-9-5-3-4-6-12(9)18(2)14(19)10-7-11(15)13(16)17-8-10/h3-8H,1-2H3,(H2,16,17). The molecule has 98 valence electrons. The molecular formula is C14H14ClN3O. The highest BCUT2D eigenvalue weighted by atomic mass is 35.5. The molecule has 2 N–H and O–H groups in total. The predicted octanol–water partition coefficient (Wildman–Crippen LogP) is 2.90. The molecule has 0 bridgehead atoms. The lowest BCUT2D eigenvalue weighted by molar-refractivity contribution is 0.0992. The normalized spacial score (nSPS) is 10.3. The number of halogens is 1. The monoisotopic (exact) mass is 275 g/mol. The predicted molar refractivity (Wildman–Crippen MR) is 77.6 cm³/mol. The lowest BCUT2D eigenvalue weighted by Gasteiger charge is -2.19. The number of rotatable bonds is 2. The average Bonchev–Trinajstić information content (AvgIpc) is 2.41. The third-order valence-corrected chi connectivity index (χ3v) is 3.20. The Hall–Kier alpha value is -2.07. The summed E-state index contributed by atoms with van der Waals surface area (Å²) in [5.41, 5.74) is 7.81. The number of carbonyl (C=O) groups excluding carboxylic acids is 1. The molecule has 0 saturated heterocycles. The van der Waals surface area contributed by atoms with Gasteiger partial charge in [0.1, 0.15) is 5.82 Å². The van der Waals surface area contributed by atoms with Crippen molar-refractivity contribution in [2.24, 2.45) is 0 Å². The molecule has 0 saturated carbocycles. The van der Waals surface area contributed by atoms with Gasteiger partial charge in [0.05, 0.1) is 10.6 Å². The van der Waals surface area contributed by atoms with Crippen LogP contribution in [0, 0.1) is 6.92 Å². The Balaban J connectivity index is 2.34. The molecule has 0 spiro atoms. The van der Waals surface area contributed by atoms with Crippen molar-refractivity contribution in [2.75, 3.05) is 17.7 Å². The van der Waals surface area contributed by atoms with Gasteiger partial charge in [0.2, 0.25) is 0 Å². The molecule has 1 heterocycles. The number of hydrogen-bond donors (Lipinski definition) is 1. The molecule has 19 heavy (non-hydrogen) atoms. The molecule has 0 radical (unpaired) electrons. The Bertz CT molecular complexity index is 628. The van der Waals surface area contributed by atoms with Crippen LogP contribution in [0.15, 0.2) is 36.5 Å². The smallest absolute Gasteiger partial charge is 0.259 e. The fourth-order valence-electron chi connectivity index (χ4n) is 1.81. The maximum atomic E-state index is 12.3. The number of amides is 1. The summed E-state index contributed by atoms with van der Waals surface area (Å²) in [6, 6.07) is 9.19. The third kappa shape index (κ3) is 2.69. The molecule has 4 nitrogen and oxygen atoms in total. The molecule has 0 aliphatic carbocycles. The van der Waals surface area contributed by atoms with E-state index in [2.05, 4.69) is 4.98 Å². The van der Waals surface area contributed by atoms with Crippen LogP contribution in [-0.2, 0) is 0 Å². The van der Waals surface area contributed by atoms with Crippen LogP contribution < -0.4 is 10.6 Å². The lowest BCUT2D eigenvalue weighted by Crippen LogP contribution is -2.27. The minimum atomic E-state index is -0.177. The number of benzene rings is 1. The average molecular weight is 276 g/mol. The molecule has 2 aromatic rings. The fraction of sp³-hybridized carbons (Fsp3) is 0.143. The summed E-state index contributed by atoms with van der Waals surface area (Å²) in [6.45, 7) is 1.95. The number of nitrogens with zero attached hydrogens (tertiary/aromatic N) is 2. The van der Waals surface area contributed by atoms with E-state index >= 15 is 0 Å². The van der Waals surface area contributed by atoms with Gasteiger partial charge in [0.25, 0.3) is 5.91 Å². The van der Waals surface area contributed by atoms with E-state index in [0.717, 1.165) is 11.3 Å². The van der Waals surface area contributed by atoms with Crippen LogP contribution in [0.2, 0.25) is 5.02 Å². The van der Waals surface area contributed by atoms with Crippen LogP contribution >= 0.6 is 11.6 Å². The number of nitrogens with two attached hydrogens (primary N) is 1. The minimum absolute atomic E-state index is 0.177. The first-order chi connectivity index (χ1) is 9.00. The Kier molecular flexibility index (Phi) is 3.71. The molecule has 5 heteroatoms. The summed E-state index contributed by atoms with van der Waals surface area (Å²) in [5, 5.41) is 0.282. The van der Waals surface area contributed by atoms with Gasteiger partial charge in [-0.25, -0.2) is 4.98 Å². The first-order valence-electron chi connectivity index (χ1n) is 5.75. The summed E-state index contributed by atoms with van der Waals surface area (Å²) in [4.78, 5) is 17.8. The van der Waals surface area contributed by atoms with Gasteiger partial charge in [-0.05, 0) is 24.6 Å². The van der Waals surface area contributed by atoms with Gasteiger partial charge in [-0.3, -0.25) is 4.79 Å². The van der Waals surface area contributed by atoms with Crippen molar-refractivity contribution >= 4 is 29.0 Å². The van der Waals surface area contributed by atoms with Crippen molar-refractivity contribution in [3.05, 3.63) is 52.7 Å². The number of nitrogen functional groups attached to an aromatic ring is 1. The summed E-state index contributed by atoms with van der Waals surface area (Å²) in [7, 11) is 1.72. The second kappa shape index (κ2) is 5.28. The van der Waals surface area contributed by atoms with E-state index in [1.54, 1.807) is 11.9 Å². The van der Waals surface area contributed by atoms with Crippen molar-refractivity contribution in [3.63, 3.8) is 0 Å². The Morgan fingerprint density at radius 1 is 1.37 bits per heavy atom. The molecule has 1 aromatic heterocycles. The van der Waals surface area contributed by atoms with E-state index in [0.29, 0.717) is 5.56 Å². The first-order valence-corrected chi connectivity index (χ1v) is 6.13. The topological polar surface area (TPSA) is 59.2 Å². The van der Waals surface area contributed by atoms with E-state index in [-0.39, 0.29) is 16.7 Å². The summed E-state index contributed by atoms with van der Waals surface area (Å²) >= 11 is 5.88. The second-order valence-corrected chi connectivity index (χ2v) is 4.65. The minimum Gasteiger partial charge on any atom is -0.382 e. The third-order valence-electron chi connectivity index (χ3n) is 2.90. The van der Waals surface area contributed by atoms with Crippen molar-refractivity contribution in [1.82, 2.24) is 4.98 Å². The molecule has 0 aliphatic heterocycles. The molecule has 1 aromatic carbocycles. The number of para-hydroxylation sites is 1. The number of aryl methyl sites for hydroxylation is 1. The van der Waals surface area contributed by atoms with Crippen LogP contribution in [-0.4, -0.2) is 17.9 Å². The number of anilines is 2. The van der Waals surface area contributed by atoms with Crippen molar-refractivity contribution in [1.29, 1.82) is 0 Å². The van der Waals surface area contributed by atoms with Gasteiger partial charge >= 0.3 is 0 Å². The van der Waals surface area contributed by atoms with Crippen LogP contribution in [0.4, 0.5) is 11.5 Å². The van der Waals surface area contributed by atoms with E-state index in [4.69, 9.17) is 17.3 Å². The Morgan fingerprint density at radius 2 is 2.05 bits per heavy atom. The molecule has 0 unspecified atom stereocenters. The second-order valence-electron chi connectivity index (χ2n) is 4.24. The van der Waals surface area contributed by atoms with Crippen LogP contribution in [0.3, 0.4) is 0 Å². The number of hydrogen-bond acceptors (Lipinski definition) is 3. The molecule has 2 rings (SSSR count).